The molecule has 3 aromatic rings. The molecule has 12 nitrogen and oxygen atoms in total. The van der Waals surface area contributed by atoms with Crippen molar-refractivity contribution in [2.75, 3.05) is 18.5 Å². The molecular weight excluding hydrogens is 620 g/mol. The summed E-state index contributed by atoms with van der Waals surface area (Å²) in [7, 11) is 0. The van der Waals surface area contributed by atoms with Crippen LogP contribution >= 0.6 is 0 Å². The number of phenolic OH excluding ortho intramolecular Hbond substituents is 1. The minimum atomic E-state index is -2.09. The molecule has 2 fully saturated rings. The van der Waals surface area contributed by atoms with Crippen molar-refractivity contribution in [1.82, 2.24) is 4.98 Å². The fourth-order valence-electron chi connectivity index (χ4n) is 8.67. The van der Waals surface area contributed by atoms with Crippen LogP contribution in [0, 0.1) is 12.3 Å². The van der Waals surface area contributed by atoms with Crippen molar-refractivity contribution in [2.24, 2.45) is 5.41 Å². The summed E-state index contributed by atoms with van der Waals surface area (Å²) < 4.78 is 13.0. The summed E-state index contributed by atoms with van der Waals surface area (Å²) in [5.74, 6) is -3.38. The van der Waals surface area contributed by atoms with Crippen LogP contribution in [-0.4, -0.2) is 96.1 Å². The molecule has 0 amide bonds. The van der Waals surface area contributed by atoms with E-state index in [4.69, 9.17) is 9.47 Å². The van der Waals surface area contributed by atoms with Crippen LogP contribution in [-0.2, 0) is 11.2 Å². The average molecular weight is 659 g/mol. The van der Waals surface area contributed by atoms with Crippen molar-refractivity contribution in [3.05, 3.63) is 69.9 Å². The molecule has 1 saturated carbocycles. The molecule has 5 bridgehead atoms. The number of hydrogen-bond acceptors (Lipinski definition) is 12. The largest absolute Gasteiger partial charge is 0.507 e. The Balaban J connectivity index is 1.43. The first-order valence-electron chi connectivity index (χ1n) is 16.5. The number of rotatable bonds is 1. The molecule has 7 N–H and O–H groups in total. The molecule has 6 aliphatic rings. The highest BCUT2D eigenvalue weighted by Crippen LogP contribution is 2.53. The van der Waals surface area contributed by atoms with Crippen LogP contribution < -0.4 is 10.1 Å². The number of aromatic hydroxyl groups is 1. The highest BCUT2D eigenvalue weighted by atomic mass is 16.7. The summed E-state index contributed by atoms with van der Waals surface area (Å²) >= 11 is 0. The Hall–Kier alpha value is -3.91. The predicted molar refractivity (Wildman–Crippen MR) is 171 cm³/mol. The number of hydrogen-bond donors (Lipinski definition) is 7. The number of pyridine rings is 1. The number of aliphatic hydroxyl groups excluding tert-OH is 5. The maximum atomic E-state index is 14.4. The van der Waals surface area contributed by atoms with E-state index in [1.54, 1.807) is 25.1 Å². The highest BCUT2D eigenvalue weighted by molar-refractivity contribution is 6.34. The van der Waals surface area contributed by atoms with E-state index in [9.17, 15) is 40.2 Å². The standard InChI is InChI=1S/C36H38N2O10/c1-17-13-20-24(21(40)14-17)28(43)26-25(27(20)42)18-6-12-37-33-23(18)19-5-9-36(47-30(19)26)32(46)29(44)31(45)35(16-39,48-36)11-10-34(22(41)15-38-33)7-3-2-4-8-34/h6,10-14,22,29,31-32,39-41,44-46H,2-5,7-9,15-16H2,1H3,(H,37,38)/b11-10+/t22-,29+,31+,32-,35-,36-/m1/s1. The van der Waals surface area contributed by atoms with Gasteiger partial charge in [0.15, 0.2) is 5.78 Å². The van der Waals surface area contributed by atoms with Crippen molar-refractivity contribution >= 4 is 28.2 Å². The molecule has 5 heterocycles. The number of nitrogens with zero attached hydrogens (tertiary/aromatic N) is 1. The summed E-state index contributed by atoms with van der Waals surface area (Å²) in [4.78, 5) is 33.4. The molecule has 1 saturated heterocycles. The van der Waals surface area contributed by atoms with Crippen LogP contribution in [0.15, 0.2) is 36.5 Å². The van der Waals surface area contributed by atoms with Gasteiger partial charge in [-0.2, -0.15) is 0 Å². The van der Waals surface area contributed by atoms with E-state index >= 15 is 0 Å². The molecule has 0 unspecified atom stereocenters. The Kier molecular flexibility index (Phi) is 7.05. The zero-order chi connectivity index (χ0) is 33.7. The minimum absolute atomic E-state index is 0.0179. The fraction of sp³-hybridized carbons (Fsp3) is 0.472. The van der Waals surface area contributed by atoms with Gasteiger partial charge in [0.1, 0.15) is 41.2 Å². The maximum absolute atomic E-state index is 14.4. The Morgan fingerprint density at radius 2 is 1.73 bits per heavy atom. The van der Waals surface area contributed by atoms with Gasteiger partial charge in [0, 0.05) is 46.7 Å². The number of carbonyl (C=O) groups is 2. The first kappa shape index (κ1) is 31.4. The zero-order valence-electron chi connectivity index (χ0n) is 26.4. The second-order valence-corrected chi connectivity index (χ2v) is 14.0. The van der Waals surface area contributed by atoms with E-state index in [-0.39, 0.29) is 53.1 Å². The number of phenols is 1. The molecule has 48 heavy (non-hydrogen) atoms. The second-order valence-electron chi connectivity index (χ2n) is 14.0. The third-order valence-corrected chi connectivity index (χ3v) is 11.3. The van der Waals surface area contributed by atoms with Gasteiger partial charge in [0.05, 0.1) is 23.8 Å². The van der Waals surface area contributed by atoms with Crippen molar-refractivity contribution in [1.29, 1.82) is 0 Å². The van der Waals surface area contributed by atoms with Gasteiger partial charge >= 0.3 is 0 Å². The topological polar surface area (TPSA) is 199 Å². The lowest BCUT2D eigenvalue weighted by Gasteiger charge is -2.54. The van der Waals surface area contributed by atoms with Gasteiger partial charge in [-0.25, -0.2) is 4.98 Å². The Bertz CT molecular complexity index is 1920. The SMILES string of the molecule is Cc1cc(O)c2c(c1)C(=O)c1c(c3c4c5c(nccc15)NC[C@@H](O)C1(/C=C/[C@]5(CO)O[C@@](CC4)(O3)[C@H](O)[C@@H](O)[C@@H]5O)CCCCC1)C2=O. The van der Waals surface area contributed by atoms with E-state index in [1.807, 2.05) is 0 Å². The molecule has 2 aromatic carbocycles. The molecule has 2 spiro atoms. The van der Waals surface area contributed by atoms with E-state index in [0.717, 1.165) is 19.3 Å². The van der Waals surface area contributed by atoms with Crippen LogP contribution in [0.4, 0.5) is 5.82 Å². The second kappa shape index (κ2) is 10.8. The van der Waals surface area contributed by atoms with Crippen molar-refractivity contribution in [2.45, 2.75) is 87.7 Å². The van der Waals surface area contributed by atoms with E-state index < -0.39 is 59.4 Å². The van der Waals surface area contributed by atoms with Crippen LogP contribution in [0.3, 0.4) is 0 Å². The van der Waals surface area contributed by atoms with Gasteiger partial charge in [0.25, 0.3) is 0 Å². The third kappa shape index (κ3) is 4.20. The summed E-state index contributed by atoms with van der Waals surface area (Å²) in [6, 6.07) is 4.59. The van der Waals surface area contributed by atoms with Gasteiger partial charge < -0.3 is 45.4 Å². The lowest BCUT2D eigenvalue weighted by atomic mass is 9.68. The smallest absolute Gasteiger partial charge is 0.240 e. The van der Waals surface area contributed by atoms with Crippen molar-refractivity contribution < 1.29 is 49.7 Å². The highest BCUT2D eigenvalue weighted by Gasteiger charge is 2.62. The minimum Gasteiger partial charge on any atom is -0.507 e. The Morgan fingerprint density at radius 3 is 2.48 bits per heavy atom. The molecule has 12 heteroatoms. The van der Waals surface area contributed by atoms with Gasteiger partial charge in [-0.05, 0) is 55.3 Å². The number of anilines is 1. The Labute approximate surface area is 275 Å². The van der Waals surface area contributed by atoms with Crippen LogP contribution in [0.5, 0.6) is 11.5 Å². The number of benzene rings is 2. The number of aliphatic hydroxyl groups is 5. The lowest BCUT2D eigenvalue weighted by molar-refractivity contribution is -0.364. The van der Waals surface area contributed by atoms with Gasteiger partial charge in [0.2, 0.25) is 11.6 Å². The third-order valence-electron chi connectivity index (χ3n) is 11.3. The van der Waals surface area contributed by atoms with Crippen molar-refractivity contribution in [3.8, 4) is 11.5 Å². The first-order chi connectivity index (χ1) is 23.0. The van der Waals surface area contributed by atoms with Crippen LogP contribution in [0.1, 0.15) is 81.5 Å². The number of nitrogens with one attached hydrogen (secondary N) is 1. The number of ether oxygens (including phenoxy) is 2. The van der Waals surface area contributed by atoms with Crippen LogP contribution in [0.2, 0.25) is 0 Å². The normalized spacial score (nSPS) is 32.7. The van der Waals surface area contributed by atoms with Crippen LogP contribution in [0.25, 0.3) is 10.8 Å². The maximum Gasteiger partial charge on any atom is 0.240 e. The van der Waals surface area contributed by atoms with E-state index in [1.165, 1.54) is 18.3 Å². The number of aryl methyl sites for hydroxylation is 2. The molecule has 252 valence electrons. The van der Waals surface area contributed by atoms with Crippen molar-refractivity contribution in [3.63, 3.8) is 0 Å². The summed E-state index contributed by atoms with van der Waals surface area (Å²) in [5, 5.41) is 71.9. The molecule has 9 rings (SSSR count). The average Bonchev–Trinajstić information content (AvgIpc) is 3.08. The molecule has 2 aliphatic carbocycles. The quantitative estimate of drug-likeness (QED) is 0.147. The zero-order valence-corrected chi connectivity index (χ0v) is 26.4. The van der Waals surface area contributed by atoms with E-state index in [0.29, 0.717) is 40.6 Å². The van der Waals surface area contributed by atoms with Gasteiger partial charge in [-0.15, -0.1) is 0 Å². The number of carbonyl (C=O) groups excluding carboxylic acids is 2. The van der Waals surface area contributed by atoms with Gasteiger partial charge in [-0.3, -0.25) is 9.59 Å². The lowest BCUT2D eigenvalue weighted by Crippen LogP contribution is -2.72. The molecular formula is C36H38N2O10. The predicted octanol–water partition coefficient (Wildman–Crippen LogP) is 2.18. The number of fused-ring (bicyclic) bond motifs is 6. The summed E-state index contributed by atoms with van der Waals surface area (Å²) in [5.41, 5.74) is -1.96. The fourth-order valence-corrected chi connectivity index (χ4v) is 8.67. The molecule has 4 aliphatic heterocycles. The summed E-state index contributed by atoms with van der Waals surface area (Å²) in [6.07, 6.45) is 2.22. The molecule has 1 aromatic heterocycles. The Morgan fingerprint density at radius 1 is 0.958 bits per heavy atom. The summed E-state index contributed by atoms with van der Waals surface area (Å²) in [6.45, 7) is 0.959. The monoisotopic (exact) mass is 658 g/mol. The van der Waals surface area contributed by atoms with E-state index in [2.05, 4.69) is 10.3 Å². The van der Waals surface area contributed by atoms with Gasteiger partial charge in [-0.1, -0.05) is 31.4 Å². The molecule has 6 atom stereocenters. The number of aromatic nitrogens is 1. The molecule has 0 radical (unpaired) electrons. The first-order valence-corrected chi connectivity index (χ1v) is 16.5. The number of ketones is 2.